The average Bonchev–Trinajstić information content (AvgIpc) is 2.87. The Balaban J connectivity index is 2.41. The fraction of sp³-hybridized carbons (Fsp3) is 0.394. The summed E-state index contributed by atoms with van der Waals surface area (Å²) in [5.74, 6) is -2.06. The van der Waals surface area contributed by atoms with Crippen LogP contribution in [0.15, 0.2) is 83.8 Å². The standard InChI is InChI=1S/C33H42N2O6S/c1-23-15-21-27(22-16-23)42(38,39)35(29(30(36)40-32(2,3)4)31(37)41-33(5,6)7)28(24-13-11-10-12-14-24)25-17-19-26(20-18-25)34(8)9/h10-22,28-29H,1-9H3. The van der Waals surface area contributed by atoms with Crippen molar-refractivity contribution in [1.82, 2.24) is 4.31 Å². The van der Waals surface area contributed by atoms with E-state index in [1.807, 2.05) is 44.1 Å². The van der Waals surface area contributed by atoms with Gasteiger partial charge in [0.2, 0.25) is 16.1 Å². The number of hydrogen-bond acceptors (Lipinski definition) is 7. The van der Waals surface area contributed by atoms with Gasteiger partial charge in [-0.25, -0.2) is 18.0 Å². The van der Waals surface area contributed by atoms with Crippen LogP contribution in [0.1, 0.15) is 64.3 Å². The number of ether oxygens (including phenoxy) is 2. The monoisotopic (exact) mass is 594 g/mol. The van der Waals surface area contributed by atoms with Gasteiger partial charge >= 0.3 is 11.9 Å². The molecule has 1 atom stereocenters. The van der Waals surface area contributed by atoms with Crippen LogP contribution in [0.5, 0.6) is 0 Å². The third kappa shape index (κ3) is 8.20. The number of aryl methyl sites for hydroxylation is 1. The van der Waals surface area contributed by atoms with Gasteiger partial charge in [0.05, 0.1) is 10.9 Å². The van der Waals surface area contributed by atoms with Gasteiger partial charge in [0.1, 0.15) is 11.2 Å². The Morgan fingerprint density at radius 2 is 1.14 bits per heavy atom. The van der Waals surface area contributed by atoms with Crippen LogP contribution in [-0.2, 0) is 29.1 Å². The number of rotatable bonds is 9. The quantitative estimate of drug-likeness (QED) is 0.225. The van der Waals surface area contributed by atoms with Gasteiger partial charge in [0.15, 0.2) is 0 Å². The number of carbonyl (C=O) groups is 2. The maximum atomic E-state index is 14.7. The van der Waals surface area contributed by atoms with Gasteiger partial charge in [0, 0.05) is 19.8 Å². The van der Waals surface area contributed by atoms with Crippen molar-refractivity contribution >= 4 is 27.6 Å². The Bertz CT molecular complexity index is 1440. The maximum Gasteiger partial charge on any atom is 0.336 e. The lowest BCUT2D eigenvalue weighted by Gasteiger charge is -2.37. The lowest BCUT2D eigenvalue weighted by molar-refractivity contribution is -0.174. The van der Waals surface area contributed by atoms with E-state index in [1.165, 1.54) is 12.1 Å². The Morgan fingerprint density at radius 1 is 0.690 bits per heavy atom. The van der Waals surface area contributed by atoms with E-state index >= 15 is 0 Å². The zero-order valence-corrected chi connectivity index (χ0v) is 26.7. The summed E-state index contributed by atoms with van der Waals surface area (Å²) in [6.45, 7) is 11.8. The van der Waals surface area contributed by atoms with E-state index in [0.29, 0.717) is 11.1 Å². The summed E-state index contributed by atoms with van der Waals surface area (Å²) < 4.78 is 41.7. The second-order valence-corrected chi connectivity index (χ2v) is 14.3. The van der Waals surface area contributed by atoms with Crippen LogP contribution in [-0.4, -0.2) is 56.0 Å². The highest BCUT2D eigenvalue weighted by molar-refractivity contribution is 7.89. The van der Waals surface area contributed by atoms with Crippen LogP contribution >= 0.6 is 0 Å². The first-order chi connectivity index (χ1) is 19.4. The number of esters is 2. The SMILES string of the molecule is Cc1ccc(S(=O)(=O)N(C(C(=O)OC(C)(C)C)C(=O)OC(C)(C)C)C(c2ccccc2)c2ccc(N(C)C)cc2)cc1. The average molecular weight is 595 g/mol. The summed E-state index contributed by atoms with van der Waals surface area (Å²) in [7, 11) is -0.716. The van der Waals surface area contributed by atoms with E-state index in [2.05, 4.69) is 0 Å². The molecule has 0 aliphatic heterocycles. The van der Waals surface area contributed by atoms with Crippen LogP contribution in [0, 0.1) is 6.92 Å². The predicted octanol–water partition coefficient (Wildman–Crippen LogP) is 5.89. The van der Waals surface area contributed by atoms with Gasteiger partial charge in [-0.1, -0.05) is 60.2 Å². The zero-order valence-electron chi connectivity index (χ0n) is 25.9. The Hall–Kier alpha value is -3.69. The highest BCUT2D eigenvalue weighted by atomic mass is 32.2. The van der Waals surface area contributed by atoms with Gasteiger partial charge in [-0.3, -0.25) is 0 Å². The van der Waals surface area contributed by atoms with E-state index in [1.54, 1.807) is 90.1 Å². The van der Waals surface area contributed by atoms with E-state index in [9.17, 15) is 18.0 Å². The van der Waals surface area contributed by atoms with Crippen LogP contribution in [0.25, 0.3) is 0 Å². The molecule has 0 amide bonds. The third-order valence-corrected chi connectivity index (χ3v) is 8.05. The van der Waals surface area contributed by atoms with E-state index in [0.717, 1.165) is 15.6 Å². The largest absolute Gasteiger partial charge is 0.458 e. The summed E-state index contributed by atoms with van der Waals surface area (Å²) in [4.78, 5) is 29.7. The normalized spacial score (nSPS) is 13.1. The molecule has 42 heavy (non-hydrogen) atoms. The lowest BCUT2D eigenvalue weighted by atomic mass is 9.97. The van der Waals surface area contributed by atoms with Crippen molar-refractivity contribution in [2.24, 2.45) is 0 Å². The fourth-order valence-corrected chi connectivity index (χ4v) is 6.05. The van der Waals surface area contributed by atoms with Crippen LogP contribution in [0.3, 0.4) is 0 Å². The minimum atomic E-state index is -4.52. The number of nitrogens with zero attached hydrogens (tertiary/aromatic N) is 2. The van der Waals surface area contributed by atoms with E-state index in [-0.39, 0.29) is 4.90 Å². The fourth-order valence-electron chi connectivity index (χ4n) is 4.35. The number of hydrogen-bond donors (Lipinski definition) is 0. The molecule has 9 heteroatoms. The Kier molecular flexibility index (Phi) is 9.90. The maximum absolute atomic E-state index is 14.7. The molecule has 0 saturated carbocycles. The number of benzene rings is 3. The molecule has 226 valence electrons. The van der Waals surface area contributed by atoms with Gasteiger partial charge in [-0.15, -0.1) is 0 Å². The molecule has 3 aromatic carbocycles. The minimum Gasteiger partial charge on any atom is -0.458 e. The van der Waals surface area contributed by atoms with Crippen molar-refractivity contribution in [2.75, 3.05) is 19.0 Å². The highest BCUT2D eigenvalue weighted by Crippen LogP contribution is 2.37. The molecule has 0 aromatic heterocycles. The number of anilines is 1. The molecule has 0 aliphatic carbocycles. The van der Waals surface area contributed by atoms with Crippen molar-refractivity contribution in [1.29, 1.82) is 0 Å². The number of sulfonamides is 1. The molecule has 3 aromatic rings. The molecule has 0 aliphatic rings. The third-order valence-electron chi connectivity index (χ3n) is 6.21. The van der Waals surface area contributed by atoms with Crippen molar-refractivity contribution in [3.8, 4) is 0 Å². The van der Waals surface area contributed by atoms with Gasteiger partial charge < -0.3 is 14.4 Å². The van der Waals surface area contributed by atoms with Crippen LogP contribution in [0.4, 0.5) is 5.69 Å². The van der Waals surface area contributed by atoms with E-state index in [4.69, 9.17) is 9.47 Å². The van der Waals surface area contributed by atoms with Gasteiger partial charge in [0.25, 0.3) is 0 Å². The Morgan fingerprint density at radius 3 is 1.57 bits per heavy atom. The minimum absolute atomic E-state index is 0.0731. The first-order valence-electron chi connectivity index (χ1n) is 13.8. The second-order valence-electron chi connectivity index (χ2n) is 12.4. The number of carbonyl (C=O) groups excluding carboxylic acids is 2. The molecule has 0 spiro atoms. The Labute approximate surface area is 250 Å². The van der Waals surface area contributed by atoms with Gasteiger partial charge in [-0.05, 0) is 83.9 Å². The summed E-state index contributed by atoms with van der Waals surface area (Å²) in [6, 6.07) is 19.5. The summed E-state index contributed by atoms with van der Waals surface area (Å²) in [5, 5.41) is 0. The molecule has 0 radical (unpaired) electrons. The van der Waals surface area contributed by atoms with Crippen LogP contribution < -0.4 is 4.90 Å². The summed E-state index contributed by atoms with van der Waals surface area (Å²) >= 11 is 0. The smallest absolute Gasteiger partial charge is 0.336 e. The first-order valence-corrected chi connectivity index (χ1v) is 15.2. The van der Waals surface area contributed by atoms with Crippen molar-refractivity contribution < 1.29 is 27.5 Å². The molecule has 0 fully saturated rings. The second kappa shape index (κ2) is 12.7. The molecule has 0 saturated heterocycles. The molecular weight excluding hydrogens is 552 g/mol. The predicted molar refractivity (Wildman–Crippen MR) is 165 cm³/mol. The van der Waals surface area contributed by atoms with Crippen molar-refractivity contribution in [2.45, 2.75) is 76.6 Å². The molecular formula is C33H42N2O6S. The molecule has 8 nitrogen and oxygen atoms in total. The highest BCUT2D eigenvalue weighted by Gasteiger charge is 2.49. The first kappa shape index (κ1) is 32.8. The molecule has 1 unspecified atom stereocenters. The lowest BCUT2D eigenvalue weighted by Crippen LogP contribution is -2.54. The molecule has 0 bridgehead atoms. The topological polar surface area (TPSA) is 93.2 Å². The van der Waals surface area contributed by atoms with Gasteiger partial charge in [-0.2, -0.15) is 4.31 Å². The van der Waals surface area contributed by atoms with Crippen LogP contribution in [0.2, 0.25) is 0 Å². The summed E-state index contributed by atoms with van der Waals surface area (Å²) in [6.07, 6.45) is 0. The van der Waals surface area contributed by atoms with E-state index < -0.39 is 45.2 Å². The zero-order chi connectivity index (χ0) is 31.5. The van der Waals surface area contributed by atoms with Crippen molar-refractivity contribution in [3.05, 3.63) is 95.6 Å². The molecule has 3 rings (SSSR count). The molecule has 0 N–H and O–H groups in total. The summed E-state index contributed by atoms with van der Waals surface area (Å²) in [5.41, 5.74) is 0.852. The molecule has 0 heterocycles. The van der Waals surface area contributed by atoms with Crippen molar-refractivity contribution in [3.63, 3.8) is 0 Å².